The molecule has 1 unspecified atom stereocenters. The van der Waals surface area contributed by atoms with E-state index >= 15 is 0 Å². The van der Waals surface area contributed by atoms with Gasteiger partial charge in [0.1, 0.15) is 5.04 Å². The fourth-order valence-corrected chi connectivity index (χ4v) is 3.97. The van der Waals surface area contributed by atoms with E-state index < -0.39 is 6.09 Å². The van der Waals surface area contributed by atoms with E-state index in [0.717, 1.165) is 5.04 Å². The van der Waals surface area contributed by atoms with Crippen molar-refractivity contribution in [2.45, 2.75) is 30.1 Å². The Morgan fingerprint density at radius 2 is 2.29 bits per heavy atom. The van der Waals surface area contributed by atoms with Crippen molar-refractivity contribution in [2.24, 2.45) is 5.16 Å². The summed E-state index contributed by atoms with van der Waals surface area (Å²) in [5.74, 6) is 0. The molecule has 6 heteroatoms. The number of carbonyl (C=O) groups excluding carboxylic acids is 1. The van der Waals surface area contributed by atoms with Gasteiger partial charge in [0.2, 0.25) is 0 Å². The van der Waals surface area contributed by atoms with Crippen LogP contribution in [0.5, 0.6) is 0 Å². The van der Waals surface area contributed by atoms with Gasteiger partial charge in [-0.3, -0.25) is 4.84 Å². The monoisotopic (exact) mass is 234 g/mol. The van der Waals surface area contributed by atoms with E-state index in [9.17, 15) is 4.79 Å². The lowest BCUT2D eigenvalue weighted by Gasteiger charge is -2.12. The maximum Gasteiger partial charge on any atom is 0.433 e. The molecule has 1 heterocycles. The summed E-state index contributed by atoms with van der Waals surface area (Å²) < 4.78 is 0.115. The van der Waals surface area contributed by atoms with Crippen LogP contribution in [0.2, 0.25) is 0 Å². The van der Waals surface area contributed by atoms with Crippen molar-refractivity contribution >= 4 is 34.7 Å². The van der Waals surface area contributed by atoms with Crippen LogP contribution >= 0.6 is 23.5 Å². The first-order valence-corrected chi connectivity index (χ1v) is 5.97. The molecule has 14 heavy (non-hydrogen) atoms. The molecule has 0 aromatic carbocycles. The number of oxime groups is 1. The zero-order valence-electron chi connectivity index (χ0n) is 8.66. The highest BCUT2D eigenvalue weighted by Crippen LogP contribution is 2.48. The van der Waals surface area contributed by atoms with Gasteiger partial charge in [-0.05, 0) is 20.8 Å². The first-order chi connectivity index (χ1) is 6.44. The first-order valence-electron chi connectivity index (χ1n) is 4.28. The first kappa shape index (κ1) is 11.7. The lowest BCUT2D eigenvalue weighted by atomic mass is 10.5. The zero-order chi connectivity index (χ0) is 10.8. The van der Waals surface area contributed by atoms with Crippen LogP contribution in [0.1, 0.15) is 20.8 Å². The molecule has 0 saturated carbocycles. The topological polar surface area (TPSA) is 50.7 Å². The molecule has 1 N–H and O–H groups in total. The van der Waals surface area contributed by atoms with Gasteiger partial charge in [0.25, 0.3) is 0 Å². The molecule has 1 aliphatic rings. The maximum absolute atomic E-state index is 10.8. The third-order valence-electron chi connectivity index (χ3n) is 1.58. The normalized spacial score (nSPS) is 27.7. The van der Waals surface area contributed by atoms with E-state index in [0.29, 0.717) is 5.25 Å². The number of thioether (sulfide) groups is 2. The predicted octanol–water partition coefficient (Wildman–Crippen LogP) is 2.26. The molecular formula is C8H14N2O2S2. The average molecular weight is 234 g/mol. The standard InChI is InChI=1S/C8H14N2O2S2/c1-5-6(10-12-7(11)9-4)14-8(2,3)13-5/h5H,1-4H3,(H,9,11)/b10-6+. The zero-order valence-corrected chi connectivity index (χ0v) is 10.3. The predicted molar refractivity (Wildman–Crippen MR) is 61.7 cm³/mol. The van der Waals surface area contributed by atoms with E-state index in [2.05, 4.69) is 36.1 Å². The van der Waals surface area contributed by atoms with Gasteiger partial charge in [-0.25, -0.2) is 4.79 Å². The minimum Gasteiger partial charge on any atom is -0.323 e. The molecule has 1 atom stereocenters. The van der Waals surface area contributed by atoms with Crippen molar-refractivity contribution in [1.29, 1.82) is 0 Å². The quantitative estimate of drug-likeness (QED) is 0.558. The molecule has 1 saturated heterocycles. The molecular weight excluding hydrogens is 220 g/mol. The Kier molecular flexibility index (Phi) is 3.71. The van der Waals surface area contributed by atoms with Crippen LogP contribution in [0.3, 0.4) is 0 Å². The van der Waals surface area contributed by atoms with Crippen molar-refractivity contribution in [3.05, 3.63) is 0 Å². The lowest BCUT2D eigenvalue weighted by molar-refractivity contribution is 0.153. The molecule has 1 rings (SSSR count). The Morgan fingerprint density at radius 1 is 1.64 bits per heavy atom. The molecule has 0 aromatic heterocycles. The van der Waals surface area contributed by atoms with Crippen LogP contribution in [0.15, 0.2) is 5.16 Å². The Labute approximate surface area is 92.2 Å². The Hall–Kier alpha value is -0.360. The van der Waals surface area contributed by atoms with Gasteiger partial charge in [-0.1, -0.05) is 16.9 Å². The summed E-state index contributed by atoms with van der Waals surface area (Å²) in [6.45, 7) is 6.31. The van der Waals surface area contributed by atoms with Crippen LogP contribution in [0, 0.1) is 0 Å². The molecule has 0 bridgehead atoms. The van der Waals surface area contributed by atoms with Crippen molar-refractivity contribution in [3.8, 4) is 0 Å². The number of carbonyl (C=O) groups is 1. The Morgan fingerprint density at radius 3 is 2.71 bits per heavy atom. The van der Waals surface area contributed by atoms with Gasteiger partial charge in [-0.15, -0.1) is 11.8 Å². The molecule has 0 aliphatic carbocycles. The number of amides is 1. The second kappa shape index (κ2) is 4.44. The van der Waals surface area contributed by atoms with Crippen molar-refractivity contribution in [3.63, 3.8) is 0 Å². The maximum atomic E-state index is 10.8. The van der Waals surface area contributed by atoms with E-state index in [-0.39, 0.29) is 4.08 Å². The minimum absolute atomic E-state index is 0.115. The van der Waals surface area contributed by atoms with Crippen LogP contribution in [0.4, 0.5) is 4.79 Å². The van der Waals surface area contributed by atoms with Crippen LogP contribution in [0.25, 0.3) is 0 Å². The third kappa shape index (κ3) is 3.09. The highest BCUT2D eigenvalue weighted by Gasteiger charge is 2.36. The van der Waals surface area contributed by atoms with Crippen molar-refractivity contribution < 1.29 is 9.63 Å². The summed E-state index contributed by atoms with van der Waals surface area (Å²) in [6.07, 6.45) is -0.528. The van der Waals surface area contributed by atoms with Crippen molar-refractivity contribution in [2.75, 3.05) is 7.05 Å². The fourth-order valence-electron chi connectivity index (χ4n) is 1.06. The second-order valence-electron chi connectivity index (χ2n) is 3.32. The molecule has 4 nitrogen and oxygen atoms in total. The van der Waals surface area contributed by atoms with E-state index in [1.54, 1.807) is 11.8 Å². The molecule has 0 spiro atoms. The molecule has 1 fully saturated rings. The summed E-state index contributed by atoms with van der Waals surface area (Å²) in [6, 6.07) is 0. The molecule has 1 amide bonds. The SMILES string of the molecule is CNC(=O)O/N=C1/SC(C)(C)SC1C. The Balaban J connectivity index is 2.57. The van der Waals surface area contributed by atoms with Gasteiger partial charge in [0.05, 0.1) is 9.33 Å². The highest BCUT2D eigenvalue weighted by atomic mass is 32.2. The molecule has 0 radical (unpaired) electrons. The summed E-state index contributed by atoms with van der Waals surface area (Å²) in [4.78, 5) is 15.4. The number of hydrogen-bond acceptors (Lipinski definition) is 5. The van der Waals surface area contributed by atoms with Gasteiger partial charge < -0.3 is 5.32 Å². The number of rotatable bonds is 1. The largest absolute Gasteiger partial charge is 0.433 e. The van der Waals surface area contributed by atoms with Gasteiger partial charge in [-0.2, -0.15) is 0 Å². The molecule has 80 valence electrons. The summed E-state index contributed by atoms with van der Waals surface area (Å²) >= 11 is 3.45. The van der Waals surface area contributed by atoms with Gasteiger partial charge in [0, 0.05) is 7.05 Å². The highest BCUT2D eigenvalue weighted by molar-refractivity contribution is 8.31. The lowest BCUT2D eigenvalue weighted by Crippen LogP contribution is -2.18. The summed E-state index contributed by atoms with van der Waals surface area (Å²) in [5.41, 5.74) is 0. The number of nitrogens with one attached hydrogen (secondary N) is 1. The van der Waals surface area contributed by atoms with Crippen molar-refractivity contribution in [1.82, 2.24) is 5.32 Å². The molecule has 1 aliphatic heterocycles. The van der Waals surface area contributed by atoms with E-state index in [1.165, 1.54) is 7.05 Å². The van der Waals surface area contributed by atoms with Crippen LogP contribution < -0.4 is 5.32 Å². The smallest absolute Gasteiger partial charge is 0.323 e. The average Bonchev–Trinajstić information content (AvgIpc) is 2.35. The van der Waals surface area contributed by atoms with Gasteiger partial charge >= 0.3 is 6.09 Å². The fraction of sp³-hybridized carbons (Fsp3) is 0.750. The summed E-state index contributed by atoms with van der Waals surface area (Å²) in [5, 5.41) is 7.31. The number of nitrogens with zero attached hydrogens (tertiary/aromatic N) is 1. The van der Waals surface area contributed by atoms with E-state index in [4.69, 9.17) is 0 Å². The van der Waals surface area contributed by atoms with Gasteiger partial charge in [0.15, 0.2) is 0 Å². The minimum atomic E-state index is -0.528. The van der Waals surface area contributed by atoms with E-state index in [1.807, 2.05) is 11.8 Å². The number of hydrogen-bond donors (Lipinski definition) is 1. The third-order valence-corrected chi connectivity index (χ3v) is 4.54. The summed E-state index contributed by atoms with van der Waals surface area (Å²) in [7, 11) is 1.51. The Bertz CT molecular complexity index is 266. The second-order valence-corrected chi connectivity index (χ2v) is 7.19. The van der Waals surface area contributed by atoms with Crippen LogP contribution in [-0.4, -0.2) is 27.5 Å². The molecule has 0 aromatic rings. The van der Waals surface area contributed by atoms with Crippen LogP contribution in [-0.2, 0) is 4.84 Å².